The maximum atomic E-state index is 13.7. The highest BCUT2D eigenvalue weighted by Gasteiger charge is 2.28. The minimum absolute atomic E-state index is 0.140. The van der Waals surface area contributed by atoms with Crippen molar-refractivity contribution in [2.75, 3.05) is 19.6 Å². The van der Waals surface area contributed by atoms with Crippen molar-refractivity contribution < 1.29 is 24.3 Å². The molecule has 3 amide bonds. The van der Waals surface area contributed by atoms with E-state index in [1.54, 1.807) is 0 Å². The highest BCUT2D eigenvalue weighted by atomic mass is 16.4. The van der Waals surface area contributed by atoms with Gasteiger partial charge in [-0.25, -0.2) is 0 Å². The van der Waals surface area contributed by atoms with Crippen molar-refractivity contribution in [3.63, 3.8) is 0 Å². The molecule has 1 heterocycles. The third-order valence-electron chi connectivity index (χ3n) is 7.12. The first-order valence-electron chi connectivity index (χ1n) is 13.5. The first-order chi connectivity index (χ1) is 17.9. The van der Waals surface area contributed by atoms with Crippen LogP contribution in [0, 0.1) is 5.92 Å². The van der Waals surface area contributed by atoms with Crippen molar-refractivity contribution in [2.45, 2.75) is 77.2 Å². The van der Waals surface area contributed by atoms with Gasteiger partial charge in [0.15, 0.2) is 0 Å². The number of fused-ring (bicyclic) bond motifs is 1. The molecule has 37 heavy (non-hydrogen) atoms. The van der Waals surface area contributed by atoms with Gasteiger partial charge in [-0.2, -0.15) is 0 Å². The van der Waals surface area contributed by atoms with E-state index in [0.29, 0.717) is 18.9 Å². The maximum Gasteiger partial charge on any atom is 0.322 e. The normalized spacial score (nSPS) is 14.7. The number of hydrogen-bond acceptors (Lipinski definition) is 4. The van der Waals surface area contributed by atoms with Gasteiger partial charge in [0, 0.05) is 23.6 Å². The van der Waals surface area contributed by atoms with Crippen LogP contribution in [0.25, 0.3) is 10.9 Å². The molecule has 1 aliphatic rings. The van der Waals surface area contributed by atoms with Crippen LogP contribution in [0.3, 0.4) is 0 Å². The molecule has 9 nitrogen and oxygen atoms in total. The third-order valence-corrected chi connectivity index (χ3v) is 7.12. The number of para-hydroxylation sites is 1. The fourth-order valence-corrected chi connectivity index (χ4v) is 5.07. The predicted octanol–water partition coefficient (Wildman–Crippen LogP) is 3.39. The van der Waals surface area contributed by atoms with Crippen LogP contribution in [-0.4, -0.2) is 64.4 Å². The molecule has 2 aromatic rings. The number of unbranched alkanes of at least 4 members (excludes halogenated alkanes) is 1. The van der Waals surface area contributed by atoms with Crippen LogP contribution in [0.2, 0.25) is 0 Å². The molecule has 1 aromatic heterocycles. The lowest BCUT2D eigenvalue weighted by atomic mass is 9.87. The summed E-state index contributed by atoms with van der Waals surface area (Å²) in [5, 5.41) is 15.1. The number of benzene rings is 1. The Labute approximate surface area is 218 Å². The van der Waals surface area contributed by atoms with Crippen LogP contribution < -0.4 is 10.6 Å². The van der Waals surface area contributed by atoms with Crippen LogP contribution >= 0.6 is 0 Å². The molecular formula is C28H40N4O5. The Kier molecular flexibility index (Phi) is 11.0. The van der Waals surface area contributed by atoms with Gasteiger partial charge < -0.3 is 25.6 Å². The molecule has 4 N–H and O–H groups in total. The summed E-state index contributed by atoms with van der Waals surface area (Å²) >= 11 is 0. The molecule has 0 radical (unpaired) electrons. The summed E-state index contributed by atoms with van der Waals surface area (Å²) in [6, 6.07) is 7.01. The summed E-state index contributed by atoms with van der Waals surface area (Å²) in [6.07, 6.45) is 10.7. The van der Waals surface area contributed by atoms with Crippen molar-refractivity contribution >= 4 is 34.6 Å². The molecule has 1 saturated carbocycles. The van der Waals surface area contributed by atoms with Crippen molar-refractivity contribution in [3.05, 3.63) is 36.0 Å². The summed E-state index contributed by atoms with van der Waals surface area (Å²) < 4.78 is 0. The van der Waals surface area contributed by atoms with Crippen molar-refractivity contribution in [2.24, 2.45) is 5.92 Å². The van der Waals surface area contributed by atoms with Crippen LogP contribution in [0.5, 0.6) is 0 Å². The number of amides is 3. The number of H-pyrrole nitrogens is 1. The maximum absolute atomic E-state index is 13.7. The van der Waals surface area contributed by atoms with E-state index in [0.717, 1.165) is 48.6 Å². The van der Waals surface area contributed by atoms with E-state index in [1.165, 1.54) is 24.2 Å². The number of rotatable bonds is 14. The van der Waals surface area contributed by atoms with Gasteiger partial charge in [0.2, 0.25) is 17.7 Å². The minimum atomic E-state index is -1.14. The summed E-state index contributed by atoms with van der Waals surface area (Å²) in [7, 11) is 0. The molecule has 0 saturated heterocycles. The van der Waals surface area contributed by atoms with Gasteiger partial charge in [0.25, 0.3) is 0 Å². The van der Waals surface area contributed by atoms with E-state index in [-0.39, 0.29) is 24.8 Å². The number of hydrogen-bond donors (Lipinski definition) is 4. The quantitative estimate of drug-likeness (QED) is 0.308. The molecule has 1 aliphatic carbocycles. The van der Waals surface area contributed by atoms with Crippen LogP contribution in [0.1, 0.15) is 70.3 Å². The summed E-state index contributed by atoms with van der Waals surface area (Å²) in [6.45, 7) is 1.71. The molecule has 1 fully saturated rings. The lowest BCUT2D eigenvalue weighted by molar-refractivity contribution is -0.141. The number of carbonyl (C=O) groups excluding carboxylic acids is 3. The zero-order chi connectivity index (χ0) is 26.6. The summed E-state index contributed by atoms with van der Waals surface area (Å²) in [5.41, 5.74) is 1.81. The first-order valence-corrected chi connectivity index (χ1v) is 13.5. The lowest BCUT2D eigenvalue weighted by Crippen LogP contribution is -2.52. The molecular weight excluding hydrogens is 472 g/mol. The van der Waals surface area contributed by atoms with Crippen LogP contribution in [-0.2, 0) is 25.6 Å². The topological polar surface area (TPSA) is 132 Å². The number of carbonyl (C=O) groups is 4. The van der Waals surface area contributed by atoms with Gasteiger partial charge in [-0.05, 0) is 30.4 Å². The van der Waals surface area contributed by atoms with Gasteiger partial charge in [0.05, 0.1) is 13.0 Å². The predicted molar refractivity (Wildman–Crippen MR) is 142 cm³/mol. The Morgan fingerprint density at radius 2 is 1.86 bits per heavy atom. The molecule has 1 atom stereocenters. The molecule has 3 rings (SSSR count). The number of aromatic amines is 1. The van der Waals surface area contributed by atoms with E-state index in [2.05, 4.69) is 15.6 Å². The standard InChI is InChI=1S/C28H40N4O5/c1-2-3-12-24(31-25(33)16-21-17-29-23-13-8-7-11-22(21)23)28(37)32(19-26(34)30-18-27(35)36)15-14-20-9-5-4-6-10-20/h7-8,11,13,17,20,24,29H,2-6,9-10,12,14-16,18-19H2,1H3,(H,30,34)(H,31,33)(H,35,36)/t24-/m0/s1. The number of aromatic nitrogens is 1. The Hall–Kier alpha value is -3.36. The SMILES string of the molecule is CCCC[C@H](NC(=O)Cc1c[nH]c2ccccc12)C(=O)N(CCC1CCCCC1)CC(=O)NCC(=O)O. The fraction of sp³-hybridized carbons (Fsp3) is 0.571. The summed E-state index contributed by atoms with van der Waals surface area (Å²) in [5.74, 6) is -1.68. The highest BCUT2D eigenvalue weighted by Crippen LogP contribution is 2.26. The number of nitrogens with zero attached hydrogens (tertiary/aromatic N) is 1. The molecule has 0 unspecified atom stereocenters. The van der Waals surface area contributed by atoms with Crippen molar-refractivity contribution in [1.29, 1.82) is 0 Å². The van der Waals surface area contributed by atoms with Gasteiger partial charge in [-0.15, -0.1) is 0 Å². The molecule has 202 valence electrons. The average molecular weight is 513 g/mol. The second-order valence-corrected chi connectivity index (χ2v) is 10.0. The van der Waals surface area contributed by atoms with Crippen molar-refractivity contribution in [1.82, 2.24) is 20.5 Å². The zero-order valence-electron chi connectivity index (χ0n) is 21.8. The van der Waals surface area contributed by atoms with Gasteiger partial charge in [0.1, 0.15) is 12.6 Å². The highest BCUT2D eigenvalue weighted by molar-refractivity contribution is 5.93. The van der Waals surface area contributed by atoms with Crippen LogP contribution in [0.4, 0.5) is 0 Å². The molecule has 1 aromatic carbocycles. The Balaban J connectivity index is 1.69. The van der Waals surface area contributed by atoms with Crippen LogP contribution in [0.15, 0.2) is 30.5 Å². The zero-order valence-corrected chi connectivity index (χ0v) is 21.8. The summed E-state index contributed by atoms with van der Waals surface area (Å²) in [4.78, 5) is 54.7. The number of carboxylic acids is 1. The first kappa shape index (κ1) is 28.2. The Morgan fingerprint density at radius 1 is 1.11 bits per heavy atom. The molecule has 0 bridgehead atoms. The smallest absolute Gasteiger partial charge is 0.322 e. The van der Waals surface area contributed by atoms with E-state index in [9.17, 15) is 19.2 Å². The number of carboxylic acid groups (broad SMARTS) is 1. The second-order valence-electron chi connectivity index (χ2n) is 10.0. The van der Waals surface area contributed by atoms with E-state index in [4.69, 9.17) is 5.11 Å². The Bertz CT molecular complexity index is 1060. The second kappa shape index (κ2) is 14.4. The van der Waals surface area contributed by atoms with Gasteiger partial charge >= 0.3 is 5.97 Å². The largest absolute Gasteiger partial charge is 0.480 e. The Morgan fingerprint density at radius 3 is 2.59 bits per heavy atom. The fourth-order valence-electron chi connectivity index (χ4n) is 5.07. The van der Waals surface area contributed by atoms with E-state index >= 15 is 0 Å². The monoisotopic (exact) mass is 512 g/mol. The molecule has 0 spiro atoms. The van der Waals surface area contributed by atoms with Gasteiger partial charge in [-0.3, -0.25) is 19.2 Å². The van der Waals surface area contributed by atoms with Crippen molar-refractivity contribution in [3.8, 4) is 0 Å². The molecule has 0 aliphatic heterocycles. The molecule has 9 heteroatoms. The van der Waals surface area contributed by atoms with E-state index in [1.807, 2.05) is 37.4 Å². The number of nitrogens with one attached hydrogen (secondary N) is 3. The lowest BCUT2D eigenvalue weighted by Gasteiger charge is -2.30. The van der Waals surface area contributed by atoms with Gasteiger partial charge in [-0.1, -0.05) is 70.1 Å². The minimum Gasteiger partial charge on any atom is -0.480 e. The average Bonchev–Trinajstić information content (AvgIpc) is 3.30. The van der Waals surface area contributed by atoms with E-state index < -0.39 is 24.5 Å². The number of aliphatic carboxylic acids is 1. The third kappa shape index (κ3) is 8.91.